The van der Waals surface area contributed by atoms with Crippen LogP contribution in [0.5, 0.6) is 0 Å². The second-order valence-corrected chi connectivity index (χ2v) is 11.5. The Bertz CT molecular complexity index is 1410. The van der Waals surface area contributed by atoms with E-state index in [0.29, 0.717) is 37.2 Å². The number of hydrogen-bond acceptors (Lipinski definition) is 7. The minimum absolute atomic E-state index is 0.0414. The fourth-order valence-electron chi connectivity index (χ4n) is 5.79. The molecule has 2 aliphatic rings. The lowest BCUT2D eigenvalue weighted by atomic mass is 9.71. The van der Waals surface area contributed by atoms with Crippen LogP contribution in [0.1, 0.15) is 68.1 Å². The summed E-state index contributed by atoms with van der Waals surface area (Å²) in [7, 11) is 0. The summed E-state index contributed by atoms with van der Waals surface area (Å²) < 4.78 is 30.6. The van der Waals surface area contributed by atoms with Gasteiger partial charge in [0.25, 0.3) is 0 Å². The molecule has 4 N–H and O–H groups in total. The van der Waals surface area contributed by atoms with Crippen molar-refractivity contribution in [2.45, 2.75) is 77.0 Å². The Hall–Kier alpha value is -3.15. The SMILES string of the molecule is CC[C@@H]1C[C@](Cc2nc(Nc3cc(C)[nH]n3)nc(C3(O)CCC3)c2F)(C(=O)O)CCN1Cc1cccc(Cl)c1F. The Morgan fingerprint density at radius 2 is 2.02 bits per heavy atom. The molecule has 5 rings (SSSR count). The van der Waals surface area contributed by atoms with Crippen LogP contribution >= 0.6 is 11.6 Å². The van der Waals surface area contributed by atoms with Crippen LogP contribution in [-0.4, -0.2) is 53.8 Å². The second kappa shape index (κ2) is 11.0. The van der Waals surface area contributed by atoms with Crippen molar-refractivity contribution >= 4 is 29.3 Å². The molecular formula is C28H33ClF2N6O3. The number of halogens is 3. The van der Waals surface area contributed by atoms with Crippen LogP contribution in [0.15, 0.2) is 24.3 Å². The number of nitrogens with one attached hydrogen (secondary N) is 2. The summed E-state index contributed by atoms with van der Waals surface area (Å²) in [4.78, 5) is 23.5. The molecule has 1 saturated heterocycles. The number of aliphatic carboxylic acids is 1. The van der Waals surface area contributed by atoms with Crippen molar-refractivity contribution in [1.29, 1.82) is 0 Å². The van der Waals surface area contributed by atoms with Crippen LogP contribution in [0.4, 0.5) is 20.5 Å². The number of carbonyl (C=O) groups is 1. The van der Waals surface area contributed by atoms with Gasteiger partial charge in [0, 0.05) is 36.3 Å². The molecule has 0 radical (unpaired) electrons. The van der Waals surface area contributed by atoms with Crippen molar-refractivity contribution in [3.8, 4) is 0 Å². The highest BCUT2D eigenvalue weighted by Crippen LogP contribution is 2.44. The number of aryl methyl sites for hydroxylation is 1. The number of aliphatic hydroxyl groups is 1. The van der Waals surface area contributed by atoms with Crippen LogP contribution in [0, 0.1) is 24.0 Å². The van der Waals surface area contributed by atoms with Gasteiger partial charge in [-0.1, -0.05) is 30.7 Å². The normalized spacial score (nSPS) is 22.6. The minimum Gasteiger partial charge on any atom is -0.481 e. The molecular weight excluding hydrogens is 542 g/mol. The van der Waals surface area contributed by atoms with Gasteiger partial charge in [0.15, 0.2) is 11.6 Å². The molecule has 1 aliphatic heterocycles. The van der Waals surface area contributed by atoms with Crippen molar-refractivity contribution < 1.29 is 23.8 Å². The number of aromatic nitrogens is 4. The average Bonchev–Trinajstić information content (AvgIpc) is 3.32. The van der Waals surface area contributed by atoms with Gasteiger partial charge in [-0.25, -0.2) is 18.7 Å². The fourth-order valence-corrected chi connectivity index (χ4v) is 5.99. The third-order valence-corrected chi connectivity index (χ3v) is 8.64. The highest BCUT2D eigenvalue weighted by atomic mass is 35.5. The molecule has 3 heterocycles. The van der Waals surface area contributed by atoms with Crippen LogP contribution in [0.3, 0.4) is 0 Å². The van der Waals surface area contributed by atoms with Gasteiger partial charge in [-0.15, -0.1) is 0 Å². The van der Waals surface area contributed by atoms with E-state index < -0.39 is 28.6 Å². The molecule has 214 valence electrons. The molecule has 2 fully saturated rings. The molecule has 0 unspecified atom stereocenters. The largest absolute Gasteiger partial charge is 0.481 e. The molecule has 2 aromatic heterocycles. The predicted octanol–water partition coefficient (Wildman–Crippen LogP) is 5.24. The van der Waals surface area contributed by atoms with Crippen LogP contribution < -0.4 is 5.32 Å². The molecule has 1 aliphatic carbocycles. The minimum atomic E-state index is -1.42. The van der Waals surface area contributed by atoms with Gasteiger partial charge in [-0.3, -0.25) is 14.8 Å². The van der Waals surface area contributed by atoms with Gasteiger partial charge >= 0.3 is 5.97 Å². The van der Waals surface area contributed by atoms with E-state index in [1.807, 2.05) is 13.8 Å². The monoisotopic (exact) mass is 574 g/mol. The first-order valence-corrected chi connectivity index (χ1v) is 13.9. The van der Waals surface area contributed by atoms with Gasteiger partial charge in [0.2, 0.25) is 5.95 Å². The van der Waals surface area contributed by atoms with E-state index in [2.05, 4.69) is 30.4 Å². The lowest BCUT2D eigenvalue weighted by molar-refractivity contribution is -0.154. The second-order valence-electron chi connectivity index (χ2n) is 11.1. The first kappa shape index (κ1) is 28.4. The lowest BCUT2D eigenvalue weighted by Gasteiger charge is -2.44. The molecule has 0 bridgehead atoms. The third-order valence-electron chi connectivity index (χ3n) is 8.34. The summed E-state index contributed by atoms with van der Waals surface area (Å²) in [5, 5.41) is 31.4. The highest BCUT2D eigenvalue weighted by Gasteiger charge is 2.47. The Kier molecular flexibility index (Phi) is 7.82. The number of anilines is 2. The Balaban J connectivity index is 1.45. The fraction of sp³-hybridized carbons (Fsp3) is 0.500. The quantitative estimate of drug-likeness (QED) is 0.273. The van der Waals surface area contributed by atoms with Crippen LogP contribution in [-0.2, 0) is 23.4 Å². The molecule has 0 spiro atoms. The van der Waals surface area contributed by atoms with E-state index in [9.17, 15) is 19.4 Å². The summed E-state index contributed by atoms with van der Waals surface area (Å²) in [6, 6.07) is 6.39. The first-order valence-electron chi connectivity index (χ1n) is 13.5. The Morgan fingerprint density at radius 1 is 1.25 bits per heavy atom. The zero-order valence-corrected chi connectivity index (χ0v) is 23.2. The molecule has 1 saturated carbocycles. The van der Waals surface area contributed by atoms with E-state index in [0.717, 1.165) is 12.1 Å². The number of H-pyrrole nitrogens is 1. The highest BCUT2D eigenvalue weighted by molar-refractivity contribution is 6.30. The summed E-state index contributed by atoms with van der Waals surface area (Å²) >= 11 is 5.97. The summed E-state index contributed by atoms with van der Waals surface area (Å²) in [6.45, 7) is 4.44. The number of piperidine rings is 1. The smallest absolute Gasteiger partial charge is 0.310 e. The average molecular weight is 575 g/mol. The summed E-state index contributed by atoms with van der Waals surface area (Å²) in [5.74, 6) is -1.84. The number of likely N-dealkylation sites (tertiary alicyclic amines) is 1. The molecule has 40 heavy (non-hydrogen) atoms. The third kappa shape index (κ3) is 5.42. The van der Waals surface area contributed by atoms with Gasteiger partial charge in [-0.05, 0) is 58.1 Å². The maximum atomic E-state index is 15.9. The van der Waals surface area contributed by atoms with Crippen molar-refractivity contribution in [3.05, 3.63) is 63.6 Å². The predicted molar refractivity (Wildman–Crippen MR) is 145 cm³/mol. The molecule has 0 amide bonds. The number of carboxylic acid groups (broad SMARTS) is 1. The van der Waals surface area contributed by atoms with E-state index in [1.165, 1.54) is 6.07 Å². The standard InChI is InChI=1S/C28H33ClF2N6O3/c1-3-18-13-27(25(38)39,10-11-37(18)15-17-6-4-7-19(29)22(17)30)14-20-23(31)24(28(40)8-5-9-28)34-26(32-20)33-21-12-16(2)35-36-21/h4,6-7,12,18,40H,3,5,8-11,13-15H2,1-2H3,(H,38,39)(H2,32,33,34,35,36)/t18-,27-/m1/s1. The zero-order chi connectivity index (χ0) is 28.7. The van der Waals surface area contributed by atoms with Gasteiger partial charge < -0.3 is 15.5 Å². The molecule has 9 nitrogen and oxygen atoms in total. The Morgan fingerprint density at radius 3 is 2.65 bits per heavy atom. The van der Waals surface area contributed by atoms with Crippen molar-refractivity contribution in [3.63, 3.8) is 0 Å². The summed E-state index contributed by atoms with van der Waals surface area (Å²) in [5.41, 5.74) is -1.68. The van der Waals surface area contributed by atoms with Gasteiger partial charge in [-0.2, -0.15) is 5.10 Å². The molecule has 2 atom stereocenters. The number of hydrogen-bond donors (Lipinski definition) is 4. The number of carboxylic acids is 1. The Labute approximate surface area is 236 Å². The molecule has 3 aromatic rings. The van der Waals surface area contributed by atoms with Crippen LogP contribution in [0.25, 0.3) is 0 Å². The molecule has 12 heteroatoms. The van der Waals surface area contributed by atoms with Crippen molar-refractivity contribution in [1.82, 2.24) is 25.1 Å². The number of benzene rings is 1. The maximum absolute atomic E-state index is 15.9. The van der Waals surface area contributed by atoms with E-state index in [4.69, 9.17) is 11.6 Å². The van der Waals surface area contributed by atoms with E-state index in [1.54, 1.807) is 18.2 Å². The number of nitrogens with zero attached hydrogens (tertiary/aromatic N) is 4. The van der Waals surface area contributed by atoms with Crippen LogP contribution in [0.2, 0.25) is 5.02 Å². The zero-order valence-electron chi connectivity index (χ0n) is 22.5. The van der Waals surface area contributed by atoms with Crippen molar-refractivity contribution in [2.24, 2.45) is 5.41 Å². The molecule has 1 aromatic carbocycles. The van der Waals surface area contributed by atoms with Gasteiger partial charge in [0.1, 0.15) is 17.1 Å². The first-order chi connectivity index (χ1) is 19.0. The maximum Gasteiger partial charge on any atom is 0.310 e. The van der Waals surface area contributed by atoms with Gasteiger partial charge in [0.05, 0.1) is 16.1 Å². The topological polar surface area (TPSA) is 127 Å². The van der Waals surface area contributed by atoms with Crippen molar-refractivity contribution in [2.75, 3.05) is 11.9 Å². The van der Waals surface area contributed by atoms with E-state index in [-0.39, 0.29) is 54.2 Å². The lowest BCUT2D eigenvalue weighted by Crippen LogP contribution is -2.51. The van der Waals surface area contributed by atoms with E-state index >= 15 is 4.39 Å². The summed E-state index contributed by atoms with van der Waals surface area (Å²) in [6.07, 6.45) is 2.34. The number of aromatic amines is 1. The number of rotatable bonds is 9.